The number of ether oxygens (including phenoxy) is 4. The molecule has 51 heavy (non-hydrogen) atoms. The molecule has 0 bridgehead atoms. The Labute approximate surface area is 305 Å². The maximum Gasteiger partial charge on any atom is 0.265 e. The number of carbonyl (C=O) groups is 2. The molecule has 0 radical (unpaired) electrons. The molecular weight excluding hydrogens is 694 g/mol. The van der Waals surface area contributed by atoms with Crippen LogP contribution >= 0.6 is 11.6 Å². The number of sulfonamides is 1. The zero-order valence-electron chi connectivity index (χ0n) is 29.6. The Balaban J connectivity index is 1.90. The Morgan fingerprint density at radius 2 is 1.43 bits per heavy atom. The number of methoxy groups -OCH3 is 4. The summed E-state index contributed by atoms with van der Waals surface area (Å²) in [6, 6.07) is 24.1. The highest BCUT2D eigenvalue weighted by molar-refractivity contribution is 7.92. The average molecular weight is 738 g/mol. The van der Waals surface area contributed by atoms with Gasteiger partial charge in [-0.2, -0.15) is 0 Å². The lowest BCUT2D eigenvalue weighted by molar-refractivity contribution is -0.140. The van der Waals surface area contributed by atoms with E-state index >= 15 is 0 Å². The van der Waals surface area contributed by atoms with Crippen molar-refractivity contribution in [1.82, 2.24) is 10.2 Å². The lowest BCUT2D eigenvalue weighted by atomic mass is 10.0. The quantitative estimate of drug-likeness (QED) is 0.140. The van der Waals surface area contributed by atoms with Crippen molar-refractivity contribution in [2.45, 2.75) is 37.8 Å². The van der Waals surface area contributed by atoms with Crippen LogP contribution in [0.1, 0.15) is 25.0 Å². The van der Waals surface area contributed by atoms with Gasteiger partial charge in [0.05, 0.1) is 39.0 Å². The second-order valence-electron chi connectivity index (χ2n) is 12.0. The highest BCUT2D eigenvalue weighted by atomic mass is 35.5. The standard InChI is InChI=1S/C38H44ClN3O8S/c1-26(2)23-40-38(44)33(20-27-12-8-7-9-13-27)41(24-28-14-10-11-15-31(28)39)37(43)25-42(32-21-29(47-3)16-18-34(32)48-4)51(45,46)30-17-19-35(49-5)36(22-30)50-6/h7-19,21-22,26,33H,20,23-25H2,1-6H3,(H,40,44). The molecule has 11 nitrogen and oxygen atoms in total. The molecule has 0 aromatic heterocycles. The summed E-state index contributed by atoms with van der Waals surface area (Å²) in [5.74, 6) is 0.0783. The molecule has 2 amide bonds. The molecule has 0 fully saturated rings. The van der Waals surface area contributed by atoms with Gasteiger partial charge in [0.2, 0.25) is 11.8 Å². The number of rotatable bonds is 17. The molecule has 0 heterocycles. The summed E-state index contributed by atoms with van der Waals surface area (Å²) >= 11 is 6.60. The minimum atomic E-state index is -4.52. The molecule has 1 N–H and O–H groups in total. The monoisotopic (exact) mass is 737 g/mol. The Bertz CT molecular complexity index is 1910. The Hall–Kier alpha value is -4.94. The molecule has 1 unspecified atom stereocenters. The van der Waals surface area contributed by atoms with Crippen molar-refractivity contribution in [2.75, 3.05) is 45.8 Å². The van der Waals surface area contributed by atoms with Crippen molar-refractivity contribution in [3.05, 3.63) is 107 Å². The molecule has 13 heteroatoms. The van der Waals surface area contributed by atoms with E-state index in [4.69, 9.17) is 30.5 Å². The van der Waals surface area contributed by atoms with Crippen molar-refractivity contribution in [3.63, 3.8) is 0 Å². The van der Waals surface area contributed by atoms with E-state index in [1.54, 1.807) is 36.4 Å². The van der Waals surface area contributed by atoms with Crippen molar-refractivity contribution in [2.24, 2.45) is 5.92 Å². The summed E-state index contributed by atoms with van der Waals surface area (Å²) in [5.41, 5.74) is 1.43. The molecule has 272 valence electrons. The number of hydrogen-bond acceptors (Lipinski definition) is 8. The van der Waals surface area contributed by atoms with Gasteiger partial charge in [-0.3, -0.25) is 13.9 Å². The summed E-state index contributed by atoms with van der Waals surface area (Å²) in [4.78, 5) is 30.1. The van der Waals surface area contributed by atoms with Crippen LogP contribution in [0, 0.1) is 5.92 Å². The zero-order valence-corrected chi connectivity index (χ0v) is 31.2. The second-order valence-corrected chi connectivity index (χ2v) is 14.3. The summed E-state index contributed by atoms with van der Waals surface area (Å²) in [7, 11) is 1.16. The number of nitrogens with zero attached hydrogens (tertiary/aromatic N) is 2. The van der Waals surface area contributed by atoms with Crippen LogP contribution < -0.4 is 28.6 Å². The minimum Gasteiger partial charge on any atom is -0.497 e. The largest absolute Gasteiger partial charge is 0.497 e. The SMILES string of the molecule is COc1ccc(OC)c(N(CC(=O)N(Cc2ccccc2Cl)C(Cc2ccccc2)C(=O)NCC(C)C)S(=O)(=O)c2ccc(OC)c(OC)c2)c1. The highest BCUT2D eigenvalue weighted by Crippen LogP contribution is 2.38. The number of anilines is 1. The first-order valence-corrected chi connectivity index (χ1v) is 18.1. The first-order valence-electron chi connectivity index (χ1n) is 16.2. The second kappa shape index (κ2) is 17.8. The van der Waals surface area contributed by atoms with Gasteiger partial charge in [-0.15, -0.1) is 0 Å². The molecule has 0 aliphatic rings. The molecule has 0 aliphatic heterocycles. The molecular formula is C38H44ClN3O8S. The lowest BCUT2D eigenvalue weighted by Gasteiger charge is -2.34. The maximum absolute atomic E-state index is 14.9. The van der Waals surface area contributed by atoms with Crippen molar-refractivity contribution >= 4 is 39.1 Å². The Morgan fingerprint density at radius 3 is 2.06 bits per heavy atom. The molecule has 0 saturated heterocycles. The van der Waals surface area contributed by atoms with Gasteiger partial charge in [0, 0.05) is 36.7 Å². The third-order valence-electron chi connectivity index (χ3n) is 8.13. The fourth-order valence-electron chi connectivity index (χ4n) is 5.40. The van der Waals surface area contributed by atoms with Gasteiger partial charge in [-0.25, -0.2) is 8.42 Å². The van der Waals surface area contributed by atoms with E-state index in [-0.39, 0.29) is 46.9 Å². The van der Waals surface area contributed by atoms with Crippen molar-refractivity contribution in [3.8, 4) is 23.0 Å². The normalized spacial score (nSPS) is 11.8. The van der Waals surface area contributed by atoms with Crippen LogP contribution in [0.25, 0.3) is 0 Å². The van der Waals surface area contributed by atoms with Crippen LogP contribution in [-0.4, -0.2) is 72.7 Å². The van der Waals surface area contributed by atoms with Crippen LogP contribution in [0.3, 0.4) is 0 Å². The molecule has 0 spiro atoms. The van der Waals surface area contributed by atoms with Gasteiger partial charge in [0.15, 0.2) is 11.5 Å². The maximum atomic E-state index is 14.9. The average Bonchev–Trinajstić information content (AvgIpc) is 3.14. The van der Waals surface area contributed by atoms with E-state index in [1.807, 2.05) is 44.2 Å². The summed E-state index contributed by atoms with van der Waals surface area (Å²) in [5, 5.41) is 3.37. The highest BCUT2D eigenvalue weighted by Gasteiger charge is 2.36. The summed E-state index contributed by atoms with van der Waals surface area (Å²) < 4.78 is 52.1. The third kappa shape index (κ3) is 9.65. The molecule has 4 rings (SSSR count). The summed E-state index contributed by atoms with van der Waals surface area (Å²) in [6.45, 7) is 3.52. The number of hydrogen-bond donors (Lipinski definition) is 1. The minimum absolute atomic E-state index is 0.0431. The smallest absolute Gasteiger partial charge is 0.265 e. The predicted octanol–water partition coefficient (Wildman–Crippen LogP) is 5.98. The Morgan fingerprint density at radius 1 is 0.784 bits per heavy atom. The van der Waals surface area contributed by atoms with Gasteiger partial charge < -0.3 is 29.2 Å². The van der Waals surface area contributed by atoms with Gasteiger partial charge >= 0.3 is 0 Å². The molecule has 0 aliphatic carbocycles. The molecule has 1 atom stereocenters. The van der Waals surface area contributed by atoms with E-state index in [0.29, 0.717) is 28.6 Å². The zero-order chi connectivity index (χ0) is 37.1. The lowest BCUT2D eigenvalue weighted by Crippen LogP contribution is -2.53. The van der Waals surface area contributed by atoms with Crippen molar-refractivity contribution in [1.29, 1.82) is 0 Å². The molecule has 4 aromatic carbocycles. The molecule has 0 saturated carbocycles. The third-order valence-corrected chi connectivity index (χ3v) is 10.3. The predicted molar refractivity (Wildman–Crippen MR) is 197 cm³/mol. The van der Waals surface area contributed by atoms with Crippen LogP contribution in [-0.2, 0) is 32.6 Å². The van der Waals surface area contributed by atoms with Gasteiger partial charge in [-0.1, -0.05) is 74.0 Å². The van der Waals surface area contributed by atoms with Crippen LogP contribution in [0.4, 0.5) is 5.69 Å². The van der Waals surface area contributed by atoms with E-state index in [0.717, 1.165) is 9.87 Å². The first kappa shape index (κ1) is 38.9. The number of benzene rings is 4. The summed E-state index contributed by atoms with van der Waals surface area (Å²) in [6.07, 6.45) is 0.159. The Kier molecular flexibility index (Phi) is 13.6. The van der Waals surface area contributed by atoms with E-state index in [9.17, 15) is 18.0 Å². The number of nitrogens with one attached hydrogen (secondary N) is 1. The fraction of sp³-hybridized carbons (Fsp3) is 0.316. The van der Waals surface area contributed by atoms with Crippen LogP contribution in [0.2, 0.25) is 5.02 Å². The van der Waals surface area contributed by atoms with Gasteiger partial charge in [-0.05, 0) is 47.4 Å². The first-order chi connectivity index (χ1) is 24.4. The van der Waals surface area contributed by atoms with E-state index in [2.05, 4.69) is 5.32 Å². The molecule has 4 aromatic rings. The number of carbonyl (C=O) groups excluding carboxylic acids is 2. The van der Waals surface area contributed by atoms with Crippen LogP contribution in [0.15, 0.2) is 95.9 Å². The number of amides is 2. The van der Waals surface area contributed by atoms with Gasteiger partial charge in [0.25, 0.3) is 10.0 Å². The van der Waals surface area contributed by atoms with E-state index in [1.165, 1.54) is 57.6 Å². The van der Waals surface area contributed by atoms with Crippen molar-refractivity contribution < 1.29 is 37.0 Å². The van der Waals surface area contributed by atoms with E-state index < -0.39 is 28.5 Å². The van der Waals surface area contributed by atoms with Crippen LogP contribution in [0.5, 0.6) is 23.0 Å². The fourth-order valence-corrected chi connectivity index (χ4v) is 7.02. The number of halogens is 1. The topological polar surface area (TPSA) is 124 Å². The van der Waals surface area contributed by atoms with Gasteiger partial charge in [0.1, 0.15) is 24.1 Å².